The van der Waals surface area contributed by atoms with E-state index in [-0.39, 0.29) is 0 Å². The van der Waals surface area contributed by atoms with Crippen LogP contribution >= 0.6 is 0 Å². The molecule has 0 aliphatic rings. The summed E-state index contributed by atoms with van der Waals surface area (Å²) in [6, 6.07) is 31.0. The minimum absolute atomic E-state index is 0.418. The fourth-order valence-corrected chi connectivity index (χ4v) is 5.03. The van der Waals surface area contributed by atoms with E-state index in [0.29, 0.717) is 132 Å². The summed E-state index contributed by atoms with van der Waals surface area (Å²) in [6.45, 7) is 10.2. The summed E-state index contributed by atoms with van der Waals surface area (Å²) in [5, 5.41) is 0. The van der Waals surface area contributed by atoms with Gasteiger partial charge in [0.15, 0.2) is 0 Å². The van der Waals surface area contributed by atoms with E-state index in [9.17, 15) is 0 Å². The Morgan fingerprint density at radius 3 is 0.745 bits per heavy atom. The van der Waals surface area contributed by atoms with Gasteiger partial charge in [-0.05, 0) is 16.7 Å². The first-order valence-corrected chi connectivity index (χ1v) is 17.9. The Kier molecular flexibility index (Phi) is 24.9. The topological polar surface area (TPSA) is 102 Å². The first-order chi connectivity index (χ1) is 25.4. The van der Waals surface area contributed by atoms with E-state index >= 15 is 0 Å². The molecule has 0 heterocycles. The maximum absolute atomic E-state index is 6.73. The molecule has 0 atom stereocenters. The van der Waals surface area contributed by atoms with Gasteiger partial charge in [-0.25, -0.2) is 0 Å². The molecule has 0 unspecified atom stereocenters. The molecule has 0 radical (unpaired) electrons. The van der Waals surface area contributed by atoms with E-state index in [1.165, 1.54) is 0 Å². The van der Waals surface area contributed by atoms with Crippen LogP contribution in [0.15, 0.2) is 91.0 Å². The van der Waals surface area contributed by atoms with Crippen LogP contribution in [0.5, 0.6) is 0 Å². The number of methoxy groups -OCH3 is 1. The van der Waals surface area contributed by atoms with Crippen molar-refractivity contribution >= 4 is 0 Å². The van der Waals surface area contributed by atoms with Crippen LogP contribution < -0.4 is 0 Å². The van der Waals surface area contributed by atoms with E-state index in [1.54, 1.807) is 7.11 Å². The maximum Gasteiger partial charge on any atom is 0.143 e. The highest BCUT2D eigenvalue weighted by Crippen LogP contribution is 2.40. The predicted octanol–water partition coefficient (Wildman–Crippen LogP) is 4.79. The van der Waals surface area contributed by atoms with Gasteiger partial charge in [-0.1, -0.05) is 91.0 Å². The first kappa shape index (κ1) is 42.6. The second-order valence-corrected chi connectivity index (χ2v) is 11.1. The molecule has 0 fully saturated rings. The van der Waals surface area contributed by atoms with Gasteiger partial charge in [0.2, 0.25) is 0 Å². The van der Waals surface area contributed by atoms with Crippen molar-refractivity contribution in [1.82, 2.24) is 0 Å². The van der Waals surface area contributed by atoms with Gasteiger partial charge >= 0.3 is 0 Å². The monoisotopic (exact) mass is 714 g/mol. The number of hydrogen-bond acceptors (Lipinski definition) is 11. The molecule has 3 rings (SSSR count). The average Bonchev–Trinajstić information content (AvgIpc) is 3.18. The van der Waals surface area contributed by atoms with Crippen LogP contribution in [-0.4, -0.2) is 139 Å². The van der Waals surface area contributed by atoms with Crippen molar-refractivity contribution < 1.29 is 52.1 Å². The molecule has 0 aliphatic carbocycles. The number of ether oxygens (including phenoxy) is 11. The summed E-state index contributed by atoms with van der Waals surface area (Å²) in [5.41, 5.74) is 2.46. The van der Waals surface area contributed by atoms with Gasteiger partial charge in [0, 0.05) is 7.11 Å². The molecule has 11 heteroatoms. The van der Waals surface area contributed by atoms with E-state index in [1.807, 2.05) is 54.6 Å². The molecule has 0 spiro atoms. The zero-order valence-corrected chi connectivity index (χ0v) is 30.3. The predicted molar refractivity (Wildman–Crippen MR) is 194 cm³/mol. The third-order valence-corrected chi connectivity index (χ3v) is 7.50. The quantitative estimate of drug-likeness (QED) is 0.0631. The van der Waals surface area contributed by atoms with Crippen molar-refractivity contribution in [2.45, 2.75) is 5.60 Å². The van der Waals surface area contributed by atoms with Gasteiger partial charge in [0.25, 0.3) is 0 Å². The Morgan fingerprint density at radius 1 is 0.294 bits per heavy atom. The zero-order valence-electron chi connectivity index (χ0n) is 30.3. The molecule has 0 amide bonds. The van der Waals surface area contributed by atoms with Crippen LogP contribution in [0.25, 0.3) is 0 Å². The summed E-state index contributed by atoms with van der Waals surface area (Å²) in [4.78, 5) is 0. The van der Waals surface area contributed by atoms with Crippen molar-refractivity contribution in [3.8, 4) is 0 Å². The first-order valence-electron chi connectivity index (χ1n) is 17.9. The minimum atomic E-state index is -0.749. The van der Waals surface area contributed by atoms with E-state index in [4.69, 9.17) is 52.1 Å². The van der Waals surface area contributed by atoms with Crippen LogP contribution in [0.2, 0.25) is 0 Å². The molecule has 11 nitrogen and oxygen atoms in total. The molecule has 0 saturated heterocycles. The Bertz CT molecular complexity index is 1070. The van der Waals surface area contributed by atoms with Crippen LogP contribution in [0.3, 0.4) is 0 Å². The largest absolute Gasteiger partial charge is 0.382 e. The zero-order chi connectivity index (χ0) is 35.8. The van der Waals surface area contributed by atoms with E-state index in [2.05, 4.69) is 36.4 Å². The average molecular weight is 715 g/mol. The highest BCUT2D eigenvalue weighted by Gasteiger charge is 2.37. The van der Waals surface area contributed by atoms with E-state index in [0.717, 1.165) is 16.7 Å². The van der Waals surface area contributed by atoms with Crippen molar-refractivity contribution in [2.24, 2.45) is 0 Å². The molecule has 0 saturated carbocycles. The Labute approximate surface area is 304 Å². The number of benzene rings is 3. The molecular formula is C40H58O11. The lowest BCUT2D eigenvalue weighted by Gasteiger charge is -2.36. The van der Waals surface area contributed by atoms with Crippen LogP contribution in [0.4, 0.5) is 0 Å². The van der Waals surface area contributed by atoms with Gasteiger partial charge in [-0.15, -0.1) is 0 Å². The van der Waals surface area contributed by atoms with Gasteiger partial charge in [-0.3, -0.25) is 0 Å². The summed E-state index contributed by atoms with van der Waals surface area (Å²) in [6.07, 6.45) is 0. The standard InChI is InChI=1S/C40H58O11/c1-41-17-18-42-19-20-43-21-22-44-23-24-45-25-26-46-27-28-47-29-30-48-31-32-49-33-34-50-35-36-51-40(37-11-5-2-6-12-37,38-13-7-3-8-14-38)39-15-9-4-10-16-39/h2-16H,17-36H2,1H3. The molecule has 0 aromatic heterocycles. The highest BCUT2D eigenvalue weighted by molar-refractivity contribution is 5.47. The Morgan fingerprint density at radius 2 is 0.510 bits per heavy atom. The molecule has 3 aromatic carbocycles. The molecule has 284 valence electrons. The molecule has 0 aliphatic heterocycles. The second kappa shape index (κ2) is 29.8. The van der Waals surface area contributed by atoms with Crippen LogP contribution in [0, 0.1) is 0 Å². The van der Waals surface area contributed by atoms with Crippen molar-refractivity contribution in [1.29, 1.82) is 0 Å². The normalized spacial score (nSPS) is 11.7. The minimum Gasteiger partial charge on any atom is -0.382 e. The lowest BCUT2D eigenvalue weighted by atomic mass is 9.80. The van der Waals surface area contributed by atoms with E-state index < -0.39 is 5.60 Å². The van der Waals surface area contributed by atoms with Gasteiger partial charge in [0.1, 0.15) is 5.60 Å². The number of hydrogen-bond donors (Lipinski definition) is 0. The Hall–Kier alpha value is -2.78. The SMILES string of the molecule is COCCOCCOCCOCCOCCOCCOCCOCCOCCOCCOC(c1ccccc1)(c1ccccc1)c1ccccc1. The van der Waals surface area contributed by atoms with Crippen molar-refractivity contribution in [3.05, 3.63) is 108 Å². The maximum atomic E-state index is 6.73. The van der Waals surface area contributed by atoms with Gasteiger partial charge in [-0.2, -0.15) is 0 Å². The lowest BCUT2D eigenvalue weighted by molar-refractivity contribution is -0.0399. The summed E-state index contributed by atoms with van der Waals surface area (Å²) in [7, 11) is 1.65. The second-order valence-electron chi connectivity index (χ2n) is 11.1. The molecule has 3 aromatic rings. The lowest BCUT2D eigenvalue weighted by Crippen LogP contribution is -2.34. The highest BCUT2D eigenvalue weighted by atomic mass is 16.6. The van der Waals surface area contributed by atoms with Crippen molar-refractivity contribution in [3.63, 3.8) is 0 Å². The number of rotatable bonds is 34. The molecule has 51 heavy (non-hydrogen) atoms. The summed E-state index contributed by atoms with van der Waals surface area (Å²) >= 11 is 0. The van der Waals surface area contributed by atoms with Crippen LogP contribution in [-0.2, 0) is 57.7 Å². The summed E-state index contributed by atoms with van der Waals surface area (Å²) in [5.74, 6) is 0. The molecule has 0 bridgehead atoms. The smallest absolute Gasteiger partial charge is 0.143 e. The van der Waals surface area contributed by atoms with Gasteiger partial charge in [0.05, 0.1) is 132 Å². The van der Waals surface area contributed by atoms with Crippen LogP contribution in [0.1, 0.15) is 16.7 Å². The fourth-order valence-electron chi connectivity index (χ4n) is 5.03. The third-order valence-electron chi connectivity index (χ3n) is 7.50. The molecular weight excluding hydrogens is 656 g/mol. The molecule has 0 N–H and O–H groups in total. The fraction of sp³-hybridized carbons (Fsp3) is 0.550. The third kappa shape index (κ3) is 18.5. The Balaban J connectivity index is 1.10. The van der Waals surface area contributed by atoms with Crippen molar-refractivity contribution in [2.75, 3.05) is 139 Å². The summed E-state index contributed by atoms with van der Waals surface area (Å²) < 4.78 is 61.4. The van der Waals surface area contributed by atoms with Gasteiger partial charge < -0.3 is 52.1 Å².